The number of piperidine rings is 1. The highest BCUT2D eigenvalue weighted by atomic mass is 16.6. The number of amides is 3. The Morgan fingerprint density at radius 2 is 1.84 bits per heavy atom. The second-order valence-corrected chi connectivity index (χ2v) is 7.84. The molecule has 0 spiro atoms. The van der Waals surface area contributed by atoms with E-state index in [0.29, 0.717) is 61.6 Å². The molecule has 1 saturated heterocycles. The summed E-state index contributed by atoms with van der Waals surface area (Å²) in [6.07, 6.45) is 1.06. The van der Waals surface area contributed by atoms with Gasteiger partial charge in [-0.2, -0.15) is 0 Å². The molecule has 2 aromatic carbocycles. The first-order valence-electron chi connectivity index (χ1n) is 10.8. The largest absolute Gasteiger partial charge is 0.495 e. The molecule has 2 heterocycles. The Hall–Kier alpha value is -3.55. The molecular weight excluding hydrogens is 410 g/mol. The SMILES string of the molecule is CCOC(=O)N1CCC(N2Cc3cccc(C(=O)Nc4ccccc4OC)c3C2=O)CC1. The summed E-state index contributed by atoms with van der Waals surface area (Å²) in [7, 11) is 1.54. The summed E-state index contributed by atoms with van der Waals surface area (Å²) in [5.74, 6) is 0.0637. The highest BCUT2D eigenvalue weighted by Crippen LogP contribution is 2.32. The molecule has 0 unspecified atom stereocenters. The van der Waals surface area contributed by atoms with E-state index < -0.39 is 0 Å². The minimum atomic E-state index is -0.348. The average molecular weight is 437 g/mol. The maximum absolute atomic E-state index is 13.3. The molecule has 1 N–H and O–H groups in total. The third kappa shape index (κ3) is 4.12. The predicted octanol–water partition coefficient (Wildman–Crippen LogP) is 3.52. The van der Waals surface area contributed by atoms with E-state index in [-0.39, 0.29) is 23.9 Å². The van der Waals surface area contributed by atoms with Crippen LogP contribution in [0.15, 0.2) is 42.5 Å². The Morgan fingerprint density at radius 1 is 1.09 bits per heavy atom. The van der Waals surface area contributed by atoms with Gasteiger partial charge in [0.1, 0.15) is 5.75 Å². The van der Waals surface area contributed by atoms with Gasteiger partial charge in [0.2, 0.25) is 0 Å². The summed E-state index contributed by atoms with van der Waals surface area (Å²) in [6, 6.07) is 12.5. The Bertz CT molecular complexity index is 1030. The van der Waals surface area contributed by atoms with Gasteiger partial charge in [0.05, 0.1) is 30.5 Å². The molecule has 0 saturated carbocycles. The van der Waals surface area contributed by atoms with Crippen LogP contribution in [0.2, 0.25) is 0 Å². The standard InChI is InChI=1S/C24H27N3O5/c1-3-32-24(30)26-13-11-17(12-14-26)27-15-16-7-6-8-18(21(16)23(27)29)22(28)25-19-9-4-5-10-20(19)31-2/h4-10,17H,3,11-15H2,1-2H3,(H,25,28). The molecule has 2 aliphatic rings. The van der Waals surface area contributed by atoms with Crippen LogP contribution >= 0.6 is 0 Å². The molecule has 32 heavy (non-hydrogen) atoms. The van der Waals surface area contributed by atoms with Crippen molar-refractivity contribution in [1.29, 1.82) is 0 Å². The van der Waals surface area contributed by atoms with Crippen LogP contribution in [0.3, 0.4) is 0 Å². The summed E-state index contributed by atoms with van der Waals surface area (Å²) in [4.78, 5) is 41.8. The lowest BCUT2D eigenvalue weighted by molar-refractivity contribution is 0.0556. The minimum absolute atomic E-state index is 0.0192. The van der Waals surface area contributed by atoms with E-state index in [9.17, 15) is 14.4 Å². The van der Waals surface area contributed by atoms with Gasteiger partial charge in [-0.05, 0) is 43.5 Å². The Morgan fingerprint density at radius 3 is 2.56 bits per heavy atom. The topological polar surface area (TPSA) is 88.2 Å². The molecule has 0 radical (unpaired) electrons. The van der Waals surface area contributed by atoms with E-state index in [4.69, 9.17) is 9.47 Å². The van der Waals surface area contributed by atoms with E-state index in [2.05, 4.69) is 5.32 Å². The molecule has 8 nitrogen and oxygen atoms in total. The molecule has 1 fully saturated rings. The molecule has 0 aliphatic carbocycles. The van der Waals surface area contributed by atoms with Gasteiger partial charge in [0.15, 0.2) is 0 Å². The number of hydrogen-bond donors (Lipinski definition) is 1. The molecule has 0 bridgehead atoms. The van der Waals surface area contributed by atoms with Crippen LogP contribution in [-0.4, -0.2) is 60.6 Å². The van der Waals surface area contributed by atoms with Crippen molar-refractivity contribution in [3.05, 3.63) is 59.2 Å². The van der Waals surface area contributed by atoms with Crippen molar-refractivity contribution in [3.63, 3.8) is 0 Å². The van der Waals surface area contributed by atoms with Crippen LogP contribution in [-0.2, 0) is 11.3 Å². The predicted molar refractivity (Wildman–Crippen MR) is 119 cm³/mol. The number of nitrogens with one attached hydrogen (secondary N) is 1. The van der Waals surface area contributed by atoms with Crippen molar-refractivity contribution in [2.24, 2.45) is 0 Å². The summed E-state index contributed by atoms with van der Waals surface area (Å²) >= 11 is 0. The number of para-hydroxylation sites is 2. The number of anilines is 1. The van der Waals surface area contributed by atoms with Crippen molar-refractivity contribution in [3.8, 4) is 5.75 Å². The first-order chi connectivity index (χ1) is 15.5. The highest BCUT2D eigenvalue weighted by Gasteiger charge is 2.37. The smallest absolute Gasteiger partial charge is 0.409 e. The van der Waals surface area contributed by atoms with Crippen LogP contribution in [0.5, 0.6) is 5.75 Å². The van der Waals surface area contributed by atoms with Crippen molar-refractivity contribution >= 4 is 23.6 Å². The van der Waals surface area contributed by atoms with Crippen LogP contribution in [0, 0.1) is 0 Å². The summed E-state index contributed by atoms with van der Waals surface area (Å²) < 4.78 is 10.4. The zero-order valence-corrected chi connectivity index (χ0v) is 18.3. The number of carbonyl (C=O) groups is 3. The quantitative estimate of drug-likeness (QED) is 0.773. The van der Waals surface area contributed by atoms with Gasteiger partial charge in [-0.3, -0.25) is 9.59 Å². The van der Waals surface area contributed by atoms with E-state index in [1.54, 1.807) is 43.2 Å². The molecule has 2 aromatic rings. The van der Waals surface area contributed by atoms with Crippen LogP contribution < -0.4 is 10.1 Å². The van der Waals surface area contributed by atoms with Crippen LogP contribution in [0.25, 0.3) is 0 Å². The van der Waals surface area contributed by atoms with Crippen molar-refractivity contribution < 1.29 is 23.9 Å². The minimum Gasteiger partial charge on any atom is -0.495 e. The Labute approximate surface area is 187 Å². The number of rotatable bonds is 5. The molecular formula is C24H27N3O5. The van der Waals surface area contributed by atoms with Crippen molar-refractivity contribution in [2.75, 3.05) is 32.1 Å². The van der Waals surface area contributed by atoms with E-state index in [0.717, 1.165) is 5.56 Å². The monoisotopic (exact) mass is 437 g/mol. The van der Waals surface area contributed by atoms with Gasteiger partial charge in [-0.1, -0.05) is 24.3 Å². The lowest BCUT2D eigenvalue weighted by atomic mass is 10.0. The lowest BCUT2D eigenvalue weighted by Crippen LogP contribution is -2.47. The molecule has 4 rings (SSSR count). The number of fused-ring (bicyclic) bond motifs is 1. The van der Waals surface area contributed by atoms with Gasteiger partial charge < -0.3 is 24.6 Å². The first kappa shape index (κ1) is 21.7. The normalized spacial score (nSPS) is 16.0. The second kappa shape index (κ2) is 9.30. The summed E-state index contributed by atoms with van der Waals surface area (Å²) in [5.41, 5.74) is 2.19. The molecule has 3 amide bonds. The van der Waals surface area contributed by atoms with Crippen molar-refractivity contribution in [2.45, 2.75) is 32.4 Å². The van der Waals surface area contributed by atoms with Gasteiger partial charge in [0.25, 0.3) is 11.8 Å². The van der Waals surface area contributed by atoms with Crippen LogP contribution in [0.4, 0.5) is 10.5 Å². The number of likely N-dealkylation sites (tertiary alicyclic amines) is 1. The molecule has 0 atom stereocenters. The van der Waals surface area contributed by atoms with Gasteiger partial charge in [0, 0.05) is 25.7 Å². The number of hydrogen-bond acceptors (Lipinski definition) is 5. The molecule has 2 aliphatic heterocycles. The van der Waals surface area contributed by atoms with Gasteiger partial charge in [-0.15, -0.1) is 0 Å². The Kier molecular flexibility index (Phi) is 6.30. The third-order valence-electron chi connectivity index (χ3n) is 6.00. The zero-order valence-electron chi connectivity index (χ0n) is 18.3. The van der Waals surface area contributed by atoms with Crippen LogP contribution in [0.1, 0.15) is 46.0 Å². The number of benzene rings is 2. The lowest BCUT2D eigenvalue weighted by Gasteiger charge is -2.36. The maximum Gasteiger partial charge on any atom is 0.409 e. The van der Waals surface area contributed by atoms with E-state index in [1.807, 2.05) is 23.1 Å². The number of ether oxygens (including phenoxy) is 2. The van der Waals surface area contributed by atoms with Gasteiger partial charge >= 0.3 is 6.09 Å². The highest BCUT2D eigenvalue weighted by molar-refractivity contribution is 6.14. The van der Waals surface area contributed by atoms with Gasteiger partial charge in [-0.25, -0.2) is 4.79 Å². The zero-order chi connectivity index (χ0) is 22.7. The Balaban J connectivity index is 1.49. The van der Waals surface area contributed by atoms with E-state index >= 15 is 0 Å². The number of carbonyl (C=O) groups excluding carboxylic acids is 3. The number of methoxy groups -OCH3 is 1. The fraction of sp³-hybridized carbons (Fsp3) is 0.375. The summed E-state index contributed by atoms with van der Waals surface area (Å²) in [6.45, 7) is 3.69. The molecule has 8 heteroatoms. The summed E-state index contributed by atoms with van der Waals surface area (Å²) in [5, 5.41) is 2.86. The maximum atomic E-state index is 13.3. The van der Waals surface area contributed by atoms with E-state index in [1.165, 1.54) is 0 Å². The number of nitrogens with zero attached hydrogens (tertiary/aromatic N) is 2. The molecule has 0 aromatic heterocycles. The fourth-order valence-corrected chi connectivity index (χ4v) is 4.38. The average Bonchev–Trinajstić information content (AvgIpc) is 3.16. The third-order valence-corrected chi connectivity index (χ3v) is 6.00. The first-order valence-corrected chi connectivity index (χ1v) is 10.8. The molecule has 168 valence electrons. The fourth-order valence-electron chi connectivity index (χ4n) is 4.38. The van der Waals surface area contributed by atoms with Crippen molar-refractivity contribution in [1.82, 2.24) is 9.80 Å². The second-order valence-electron chi connectivity index (χ2n) is 7.84.